The van der Waals surface area contributed by atoms with Crippen molar-refractivity contribution in [2.75, 3.05) is 13.7 Å². The molecule has 8 heteroatoms. The number of methoxy groups -OCH3 is 1. The van der Waals surface area contributed by atoms with Gasteiger partial charge in [-0.3, -0.25) is 0 Å². The smallest absolute Gasteiger partial charge is 0.421 e. The predicted octanol–water partition coefficient (Wildman–Crippen LogP) is -0.123. The SMILES string of the molecule is COC(=O)NS(=O)(=O)NCC(N)c1ccccc1. The van der Waals surface area contributed by atoms with Crippen LogP contribution in [-0.2, 0) is 14.9 Å². The third-order valence-electron chi connectivity index (χ3n) is 2.12. The normalized spacial score (nSPS) is 12.8. The Balaban J connectivity index is 2.53. The fraction of sp³-hybridized carbons (Fsp3) is 0.300. The van der Waals surface area contributed by atoms with E-state index in [1.165, 1.54) is 0 Å². The lowest BCUT2D eigenvalue weighted by Crippen LogP contribution is -2.42. The average molecular weight is 273 g/mol. The van der Waals surface area contributed by atoms with Crippen LogP contribution in [0.5, 0.6) is 0 Å². The van der Waals surface area contributed by atoms with Gasteiger partial charge in [0, 0.05) is 12.6 Å². The van der Waals surface area contributed by atoms with Gasteiger partial charge in [0.2, 0.25) is 0 Å². The molecule has 0 spiro atoms. The van der Waals surface area contributed by atoms with Gasteiger partial charge in [-0.1, -0.05) is 30.3 Å². The van der Waals surface area contributed by atoms with Crippen LogP contribution in [0, 0.1) is 0 Å². The first-order valence-electron chi connectivity index (χ1n) is 5.10. The maximum atomic E-state index is 11.4. The Kier molecular flexibility index (Phi) is 5.08. The number of hydrogen-bond acceptors (Lipinski definition) is 5. The number of benzene rings is 1. The van der Waals surface area contributed by atoms with Crippen molar-refractivity contribution in [3.05, 3.63) is 35.9 Å². The third kappa shape index (κ3) is 4.70. The molecular formula is C10H15N3O4S. The van der Waals surface area contributed by atoms with Gasteiger partial charge in [0.05, 0.1) is 7.11 Å². The Morgan fingerprint density at radius 3 is 2.56 bits per heavy atom. The highest BCUT2D eigenvalue weighted by Gasteiger charge is 2.15. The number of hydrogen-bond donors (Lipinski definition) is 3. The standard InChI is InChI=1S/C10H15N3O4S/c1-17-10(14)13-18(15,16)12-7-9(11)8-5-3-2-4-6-8/h2-6,9,12H,7,11H2,1H3,(H,13,14). The van der Waals surface area contributed by atoms with Crippen molar-refractivity contribution >= 4 is 16.3 Å². The highest BCUT2D eigenvalue weighted by molar-refractivity contribution is 7.88. The van der Waals surface area contributed by atoms with Crippen molar-refractivity contribution in [1.29, 1.82) is 0 Å². The Morgan fingerprint density at radius 1 is 1.39 bits per heavy atom. The number of ether oxygens (including phenoxy) is 1. The Bertz CT molecular complexity index is 489. The van der Waals surface area contributed by atoms with E-state index in [9.17, 15) is 13.2 Å². The summed E-state index contributed by atoms with van der Waals surface area (Å²) >= 11 is 0. The summed E-state index contributed by atoms with van der Waals surface area (Å²) in [5.74, 6) is 0. The summed E-state index contributed by atoms with van der Waals surface area (Å²) in [6.07, 6.45) is -1.06. The summed E-state index contributed by atoms with van der Waals surface area (Å²) < 4.78 is 30.7. The molecule has 1 amide bonds. The molecule has 0 saturated carbocycles. The molecule has 0 saturated heterocycles. The van der Waals surface area contributed by atoms with Gasteiger partial charge in [-0.05, 0) is 5.56 Å². The summed E-state index contributed by atoms with van der Waals surface area (Å²) in [7, 11) is -2.88. The number of rotatable bonds is 5. The van der Waals surface area contributed by atoms with Crippen LogP contribution >= 0.6 is 0 Å². The van der Waals surface area contributed by atoms with E-state index >= 15 is 0 Å². The van der Waals surface area contributed by atoms with Gasteiger partial charge in [-0.25, -0.2) is 9.52 Å². The van der Waals surface area contributed by atoms with Crippen molar-refractivity contribution in [2.45, 2.75) is 6.04 Å². The molecule has 1 aromatic rings. The molecule has 100 valence electrons. The number of nitrogens with one attached hydrogen (secondary N) is 2. The van der Waals surface area contributed by atoms with E-state index in [4.69, 9.17) is 5.73 Å². The Morgan fingerprint density at radius 2 is 2.00 bits per heavy atom. The van der Waals surface area contributed by atoms with E-state index < -0.39 is 22.3 Å². The van der Waals surface area contributed by atoms with Crippen molar-refractivity contribution in [1.82, 2.24) is 9.44 Å². The van der Waals surface area contributed by atoms with E-state index in [0.717, 1.165) is 12.7 Å². The summed E-state index contributed by atoms with van der Waals surface area (Å²) in [6, 6.07) is 8.51. The zero-order valence-corrected chi connectivity index (χ0v) is 10.6. The second-order valence-corrected chi connectivity index (χ2v) is 4.96. The fourth-order valence-electron chi connectivity index (χ4n) is 1.21. The third-order valence-corrected chi connectivity index (χ3v) is 3.11. The molecule has 0 aliphatic carbocycles. The fourth-order valence-corrected chi connectivity index (χ4v) is 1.98. The lowest BCUT2D eigenvalue weighted by atomic mass is 10.1. The van der Waals surface area contributed by atoms with Gasteiger partial charge in [-0.15, -0.1) is 0 Å². The Labute approximate surface area is 106 Å². The molecule has 0 heterocycles. The molecule has 0 aliphatic rings. The molecule has 0 aliphatic heterocycles. The van der Waals surface area contributed by atoms with Crippen molar-refractivity contribution in [3.63, 3.8) is 0 Å². The van der Waals surface area contributed by atoms with Gasteiger partial charge in [0.25, 0.3) is 0 Å². The van der Waals surface area contributed by atoms with Crippen LogP contribution in [0.3, 0.4) is 0 Å². The quantitative estimate of drug-likeness (QED) is 0.692. The predicted molar refractivity (Wildman–Crippen MR) is 65.8 cm³/mol. The molecule has 0 aromatic heterocycles. The molecule has 1 rings (SSSR count). The summed E-state index contributed by atoms with van der Waals surface area (Å²) in [6.45, 7) is -0.0314. The minimum absolute atomic E-state index is 0.0314. The van der Waals surface area contributed by atoms with Crippen LogP contribution in [0.4, 0.5) is 4.79 Å². The van der Waals surface area contributed by atoms with Gasteiger partial charge in [0.1, 0.15) is 0 Å². The van der Waals surface area contributed by atoms with Gasteiger partial charge >= 0.3 is 16.3 Å². The monoisotopic (exact) mass is 273 g/mol. The van der Waals surface area contributed by atoms with Gasteiger partial charge < -0.3 is 10.5 Å². The summed E-state index contributed by atoms with van der Waals surface area (Å²) in [5, 5.41) is 0. The highest BCUT2D eigenvalue weighted by Crippen LogP contribution is 2.07. The number of nitrogens with two attached hydrogens (primary N) is 1. The minimum Gasteiger partial charge on any atom is -0.452 e. The molecule has 1 atom stereocenters. The maximum Gasteiger partial charge on any atom is 0.421 e. The zero-order valence-electron chi connectivity index (χ0n) is 9.79. The first-order chi connectivity index (χ1) is 8.44. The van der Waals surface area contributed by atoms with Crippen molar-refractivity contribution in [3.8, 4) is 0 Å². The lowest BCUT2D eigenvalue weighted by molar-refractivity contribution is 0.177. The molecule has 0 bridgehead atoms. The van der Waals surface area contributed by atoms with E-state index in [-0.39, 0.29) is 6.54 Å². The molecular weight excluding hydrogens is 258 g/mol. The first kappa shape index (κ1) is 14.4. The van der Waals surface area contributed by atoms with E-state index in [0.29, 0.717) is 0 Å². The topological polar surface area (TPSA) is 111 Å². The molecule has 7 nitrogen and oxygen atoms in total. The second kappa shape index (κ2) is 6.34. The van der Waals surface area contributed by atoms with Gasteiger partial charge in [-0.2, -0.15) is 13.1 Å². The van der Waals surface area contributed by atoms with Crippen LogP contribution in [0.15, 0.2) is 30.3 Å². The maximum absolute atomic E-state index is 11.4. The molecule has 0 radical (unpaired) electrons. The largest absolute Gasteiger partial charge is 0.452 e. The van der Waals surface area contributed by atoms with E-state index in [1.54, 1.807) is 29.0 Å². The number of carbonyl (C=O) groups excluding carboxylic acids is 1. The zero-order chi connectivity index (χ0) is 13.6. The van der Waals surface area contributed by atoms with Crippen LogP contribution in [0.2, 0.25) is 0 Å². The van der Waals surface area contributed by atoms with E-state index in [1.807, 2.05) is 6.07 Å². The Hall–Kier alpha value is -1.64. The molecule has 18 heavy (non-hydrogen) atoms. The van der Waals surface area contributed by atoms with Crippen molar-refractivity contribution in [2.24, 2.45) is 5.73 Å². The lowest BCUT2D eigenvalue weighted by Gasteiger charge is -2.13. The van der Waals surface area contributed by atoms with Crippen LogP contribution in [0.25, 0.3) is 0 Å². The molecule has 1 aromatic carbocycles. The first-order valence-corrected chi connectivity index (χ1v) is 6.59. The number of amides is 1. The number of carbonyl (C=O) groups is 1. The summed E-state index contributed by atoms with van der Waals surface area (Å²) in [4.78, 5) is 10.8. The van der Waals surface area contributed by atoms with Crippen molar-refractivity contribution < 1.29 is 17.9 Å². The summed E-state index contributed by atoms with van der Waals surface area (Å²) in [5.41, 5.74) is 6.58. The van der Waals surface area contributed by atoms with Crippen LogP contribution in [0.1, 0.15) is 11.6 Å². The molecule has 4 N–H and O–H groups in total. The minimum atomic E-state index is -3.95. The average Bonchev–Trinajstić information content (AvgIpc) is 2.36. The second-order valence-electron chi connectivity index (χ2n) is 3.46. The van der Waals surface area contributed by atoms with Crippen LogP contribution in [-0.4, -0.2) is 28.2 Å². The highest BCUT2D eigenvalue weighted by atomic mass is 32.2. The van der Waals surface area contributed by atoms with E-state index in [2.05, 4.69) is 9.46 Å². The molecule has 1 unspecified atom stereocenters. The molecule has 0 fully saturated rings. The van der Waals surface area contributed by atoms with Gasteiger partial charge in [0.15, 0.2) is 0 Å². The van der Waals surface area contributed by atoms with Crippen LogP contribution < -0.4 is 15.2 Å².